The highest BCUT2D eigenvalue weighted by Crippen LogP contribution is 2.38. The Morgan fingerprint density at radius 3 is 1.76 bits per heavy atom. The summed E-state index contributed by atoms with van der Waals surface area (Å²) in [7, 11) is 0. The van der Waals surface area contributed by atoms with E-state index in [0.29, 0.717) is 11.5 Å². The number of aromatic nitrogens is 1. The van der Waals surface area contributed by atoms with Gasteiger partial charge in [0.2, 0.25) is 0 Å². The first-order valence-electron chi connectivity index (χ1n) is 7.83. The van der Waals surface area contributed by atoms with Gasteiger partial charge >= 0.3 is 0 Å². The van der Waals surface area contributed by atoms with E-state index < -0.39 is 0 Å². The molecule has 0 saturated carbocycles. The number of rotatable bonds is 2. The summed E-state index contributed by atoms with van der Waals surface area (Å²) in [5, 5.41) is 1.74. The van der Waals surface area contributed by atoms with Crippen LogP contribution in [0.5, 0.6) is 0 Å². The van der Waals surface area contributed by atoms with Gasteiger partial charge < -0.3 is 5.73 Å². The van der Waals surface area contributed by atoms with E-state index in [2.05, 4.69) is 4.98 Å². The lowest BCUT2D eigenvalue weighted by molar-refractivity contribution is 0.627. The van der Waals surface area contributed by atoms with Crippen LogP contribution in [0.1, 0.15) is 0 Å². The van der Waals surface area contributed by atoms with Gasteiger partial charge in [-0.1, -0.05) is 36.4 Å². The third-order valence-electron chi connectivity index (χ3n) is 4.19. The summed E-state index contributed by atoms with van der Waals surface area (Å²) in [5.74, 6) is -0.221. The first kappa shape index (κ1) is 15.3. The number of nitrogen functional groups attached to an aromatic ring is 1. The van der Waals surface area contributed by atoms with Gasteiger partial charge in [-0.05, 0) is 47.3 Å². The fraction of sp³-hybridized carbons (Fsp3) is 0. The summed E-state index contributed by atoms with van der Waals surface area (Å²) in [6.45, 7) is 0. The van der Waals surface area contributed by atoms with Crippen molar-refractivity contribution in [2.24, 2.45) is 0 Å². The molecule has 0 radical (unpaired) electrons. The number of nitrogens with two attached hydrogens (primary N) is 1. The third kappa shape index (κ3) is 2.72. The molecule has 4 heteroatoms. The molecule has 0 aliphatic heterocycles. The van der Waals surface area contributed by atoms with Crippen molar-refractivity contribution < 1.29 is 8.78 Å². The number of nitrogens with zero attached hydrogens (tertiary/aromatic N) is 1. The van der Waals surface area contributed by atoms with Crippen LogP contribution in [0.25, 0.3) is 33.2 Å². The van der Waals surface area contributed by atoms with Gasteiger partial charge in [0.1, 0.15) is 17.5 Å². The number of halogens is 2. The topological polar surface area (TPSA) is 38.9 Å². The Bertz CT molecular complexity index is 1060. The molecule has 0 amide bonds. The molecule has 1 heterocycles. The van der Waals surface area contributed by atoms with Gasteiger partial charge in [0, 0.05) is 16.5 Å². The molecule has 0 unspecified atom stereocenters. The molecule has 25 heavy (non-hydrogen) atoms. The van der Waals surface area contributed by atoms with Crippen LogP contribution in [0.2, 0.25) is 0 Å². The highest BCUT2D eigenvalue weighted by Gasteiger charge is 2.16. The molecule has 1 aromatic heterocycles. The quantitative estimate of drug-likeness (QED) is 0.531. The van der Waals surface area contributed by atoms with Gasteiger partial charge in [-0.3, -0.25) is 0 Å². The minimum absolute atomic E-state index is 0.306. The van der Waals surface area contributed by atoms with Crippen LogP contribution in [0.3, 0.4) is 0 Å². The fourth-order valence-corrected chi connectivity index (χ4v) is 3.01. The summed E-state index contributed by atoms with van der Waals surface area (Å²) in [5.41, 5.74) is 9.21. The van der Waals surface area contributed by atoms with Crippen LogP contribution in [-0.4, -0.2) is 4.98 Å². The minimum Gasteiger partial charge on any atom is -0.383 e. The SMILES string of the molecule is Nc1nc(-c2ccc(F)cc2)c(-c2ccc(F)cc2)c2ccccc12. The van der Waals surface area contributed by atoms with Crippen LogP contribution in [0, 0.1) is 11.6 Å². The molecule has 0 fully saturated rings. The third-order valence-corrected chi connectivity index (χ3v) is 4.19. The number of fused-ring (bicyclic) bond motifs is 1. The monoisotopic (exact) mass is 332 g/mol. The maximum atomic E-state index is 13.4. The van der Waals surface area contributed by atoms with Crippen molar-refractivity contribution in [1.29, 1.82) is 0 Å². The number of hydrogen-bond donors (Lipinski definition) is 1. The second-order valence-corrected chi connectivity index (χ2v) is 5.78. The Kier molecular flexibility index (Phi) is 3.65. The molecule has 0 atom stereocenters. The average Bonchev–Trinajstić information content (AvgIpc) is 2.63. The summed E-state index contributed by atoms with van der Waals surface area (Å²) in [6, 6.07) is 20.0. The van der Waals surface area contributed by atoms with E-state index in [9.17, 15) is 8.78 Å². The lowest BCUT2D eigenvalue weighted by Gasteiger charge is -2.15. The van der Waals surface area contributed by atoms with Gasteiger partial charge in [-0.2, -0.15) is 0 Å². The zero-order valence-electron chi connectivity index (χ0n) is 13.2. The molecule has 0 bridgehead atoms. The summed E-state index contributed by atoms with van der Waals surface area (Å²) in [6.07, 6.45) is 0. The van der Waals surface area contributed by atoms with E-state index in [1.165, 1.54) is 24.3 Å². The molecular formula is C21H14F2N2. The molecule has 2 nitrogen and oxygen atoms in total. The fourth-order valence-electron chi connectivity index (χ4n) is 3.01. The van der Waals surface area contributed by atoms with Crippen molar-refractivity contribution in [3.8, 4) is 22.4 Å². The van der Waals surface area contributed by atoms with E-state index in [4.69, 9.17) is 5.73 Å². The van der Waals surface area contributed by atoms with Gasteiger partial charge in [-0.25, -0.2) is 13.8 Å². The average molecular weight is 332 g/mol. The first-order chi connectivity index (χ1) is 12.1. The molecule has 4 aromatic rings. The second-order valence-electron chi connectivity index (χ2n) is 5.78. The zero-order valence-corrected chi connectivity index (χ0v) is 13.2. The van der Waals surface area contributed by atoms with Crippen LogP contribution in [-0.2, 0) is 0 Å². The molecule has 0 aliphatic carbocycles. The second kappa shape index (κ2) is 5.98. The van der Waals surface area contributed by atoms with Crippen molar-refractivity contribution >= 4 is 16.6 Å². The smallest absolute Gasteiger partial charge is 0.132 e. The van der Waals surface area contributed by atoms with E-state index in [-0.39, 0.29) is 11.6 Å². The molecule has 122 valence electrons. The number of pyridine rings is 1. The lowest BCUT2D eigenvalue weighted by atomic mass is 9.94. The van der Waals surface area contributed by atoms with Crippen molar-refractivity contribution in [2.75, 3.05) is 5.73 Å². The largest absolute Gasteiger partial charge is 0.383 e. The molecular weight excluding hydrogens is 318 g/mol. The highest BCUT2D eigenvalue weighted by molar-refractivity contribution is 6.06. The summed E-state index contributed by atoms with van der Waals surface area (Å²) in [4.78, 5) is 4.56. The Balaban J connectivity index is 2.09. The predicted octanol–water partition coefficient (Wildman–Crippen LogP) is 5.43. The normalized spacial score (nSPS) is 11.0. The molecule has 0 aliphatic rings. The minimum atomic E-state index is -0.319. The van der Waals surface area contributed by atoms with Crippen molar-refractivity contribution in [1.82, 2.24) is 4.98 Å². The molecule has 4 rings (SSSR count). The van der Waals surface area contributed by atoms with Crippen LogP contribution in [0.15, 0.2) is 72.8 Å². The molecule has 3 aromatic carbocycles. The Morgan fingerprint density at radius 1 is 0.640 bits per heavy atom. The van der Waals surface area contributed by atoms with Crippen molar-refractivity contribution in [3.05, 3.63) is 84.4 Å². The standard InChI is InChI=1S/C21H14F2N2/c22-15-9-5-13(6-10-15)19-17-3-1-2-4-18(17)21(24)25-20(19)14-7-11-16(23)12-8-14/h1-12H,(H2,24,25). The molecule has 2 N–H and O–H groups in total. The van der Waals surface area contributed by atoms with Crippen molar-refractivity contribution in [3.63, 3.8) is 0 Å². The zero-order chi connectivity index (χ0) is 17.4. The maximum Gasteiger partial charge on any atom is 0.132 e. The lowest BCUT2D eigenvalue weighted by Crippen LogP contribution is -1.98. The van der Waals surface area contributed by atoms with Crippen LogP contribution < -0.4 is 5.73 Å². The van der Waals surface area contributed by atoms with Crippen molar-refractivity contribution in [2.45, 2.75) is 0 Å². The van der Waals surface area contributed by atoms with Crippen LogP contribution in [0.4, 0.5) is 14.6 Å². The summed E-state index contributed by atoms with van der Waals surface area (Å²) >= 11 is 0. The van der Waals surface area contributed by atoms with E-state index >= 15 is 0 Å². The first-order valence-corrected chi connectivity index (χ1v) is 7.83. The number of hydrogen-bond acceptors (Lipinski definition) is 2. The Labute approximate surface area is 143 Å². The Hall–Kier alpha value is -3.27. The maximum absolute atomic E-state index is 13.4. The number of benzene rings is 3. The van der Waals surface area contributed by atoms with E-state index in [0.717, 1.165) is 27.5 Å². The summed E-state index contributed by atoms with van der Waals surface area (Å²) < 4.78 is 26.7. The van der Waals surface area contributed by atoms with Gasteiger partial charge in [0.25, 0.3) is 0 Å². The van der Waals surface area contributed by atoms with E-state index in [1.807, 2.05) is 24.3 Å². The Morgan fingerprint density at radius 2 is 1.16 bits per heavy atom. The number of anilines is 1. The predicted molar refractivity (Wildman–Crippen MR) is 96.9 cm³/mol. The van der Waals surface area contributed by atoms with Gasteiger partial charge in [0.15, 0.2) is 0 Å². The molecule has 0 saturated heterocycles. The molecule has 0 spiro atoms. The van der Waals surface area contributed by atoms with Crippen LogP contribution >= 0.6 is 0 Å². The van der Waals surface area contributed by atoms with E-state index in [1.54, 1.807) is 24.3 Å². The van der Waals surface area contributed by atoms with Gasteiger partial charge in [-0.15, -0.1) is 0 Å². The highest BCUT2D eigenvalue weighted by atomic mass is 19.1. The van der Waals surface area contributed by atoms with Gasteiger partial charge in [0.05, 0.1) is 5.69 Å².